The molecule has 2 nitrogen and oxygen atoms in total. The van der Waals surface area contributed by atoms with Crippen LogP contribution in [0.1, 0.15) is 23.4 Å². The summed E-state index contributed by atoms with van der Waals surface area (Å²) in [4.78, 5) is 5.33. The SMILES string of the molecule is CCNC(Cc1cncs1)c1ccc(F)cc1I. The van der Waals surface area contributed by atoms with Gasteiger partial charge in [0.2, 0.25) is 0 Å². The number of nitrogens with one attached hydrogen (secondary N) is 1. The van der Waals surface area contributed by atoms with Crippen LogP contribution < -0.4 is 5.32 Å². The zero-order valence-electron chi connectivity index (χ0n) is 9.99. The summed E-state index contributed by atoms with van der Waals surface area (Å²) in [5, 5.41) is 3.45. The van der Waals surface area contributed by atoms with E-state index in [1.807, 2.05) is 17.8 Å². The van der Waals surface area contributed by atoms with Gasteiger partial charge in [-0.3, -0.25) is 4.98 Å². The van der Waals surface area contributed by atoms with E-state index in [2.05, 4.69) is 39.8 Å². The predicted molar refractivity (Wildman–Crippen MR) is 81.4 cm³/mol. The van der Waals surface area contributed by atoms with Crippen molar-refractivity contribution in [3.05, 3.63) is 49.7 Å². The first-order valence-corrected chi connectivity index (χ1v) is 7.72. The normalized spacial score (nSPS) is 12.6. The molecular weight excluding hydrogens is 362 g/mol. The molecule has 0 aliphatic carbocycles. The molecule has 0 spiro atoms. The van der Waals surface area contributed by atoms with E-state index in [0.717, 1.165) is 22.1 Å². The molecule has 0 bridgehead atoms. The van der Waals surface area contributed by atoms with E-state index < -0.39 is 0 Å². The summed E-state index contributed by atoms with van der Waals surface area (Å²) in [7, 11) is 0. The minimum atomic E-state index is -0.184. The molecule has 1 aromatic heterocycles. The van der Waals surface area contributed by atoms with Crippen molar-refractivity contribution in [2.75, 3.05) is 6.54 Å². The second-order valence-electron chi connectivity index (χ2n) is 3.95. The Hall–Kier alpha value is -0.530. The van der Waals surface area contributed by atoms with Crippen LogP contribution in [0.25, 0.3) is 0 Å². The largest absolute Gasteiger partial charge is 0.310 e. The number of likely N-dealkylation sites (N-methyl/N-ethyl adjacent to an activating group) is 1. The van der Waals surface area contributed by atoms with Gasteiger partial charge in [0.1, 0.15) is 5.82 Å². The molecule has 0 saturated heterocycles. The van der Waals surface area contributed by atoms with Crippen LogP contribution >= 0.6 is 33.9 Å². The lowest BCUT2D eigenvalue weighted by molar-refractivity contribution is 0.548. The van der Waals surface area contributed by atoms with Crippen molar-refractivity contribution in [2.45, 2.75) is 19.4 Å². The Morgan fingerprint density at radius 3 is 2.94 bits per heavy atom. The summed E-state index contributed by atoms with van der Waals surface area (Å²) in [5.74, 6) is -0.184. The second-order valence-corrected chi connectivity index (χ2v) is 6.08. The molecule has 5 heteroatoms. The van der Waals surface area contributed by atoms with E-state index in [1.165, 1.54) is 10.9 Å². The van der Waals surface area contributed by atoms with E-state index in [-0.39, 0.29) is 11.9 Å². The number of rotatable bonds is 5. The lowest BCUT2D eigenvalue weighted by Gasteiger charge is -2.19. The van der Waals surface area contributed by atoms with Crippen LogP contribution in [0.15, 0.2) is 29.9 Å². The van der Waals surface area contributed by atoms with Gasteiger partial charge in [-0.05, 0) is 46.8 Å². The first-order valence-electron chi connectivity index (χ1n) is 5.76. The topological polar surface area (TPSA) is 24.9 Å². The maximum Gasteiger partial charge on any atom is 0.124 e. The molecule has 1 unspecified atom stereocenters. The van der Waals surface area contributed by atoms with Crippen LogP contribution in [0.3, 0.4) is 0 Å². The van der Waals surface area contributed by atoms with Crippen molar-refractivity contribution >= 4 is 33.9 Å². The molecule has 0 aliphatic heterocycles. The monoisotopic (exact) mass is 376 g/mol. The van der Waals surface area contributed by atoms with Gasteiger partial charge in [0.25, 0.3) is 0 Å². The minimum Gasteiger partial charge on any atom is -0.310 e. The smallest absolute Gasteiger partial charge is 0.124 e. The molecule has 0 saturated carbocycles. The van der Waals surface area contributed by atoms with Crippen LogP contribution in [0, 0.1) is 9.39 Å². The molecule has 0 fully saturated rings. The van der Waals surface area contributed by atoms with Gasteiger partial charge in [-0.25, -0.2) is 4.39 Å². The second kappa shape index (κ2) is 6.58. The Morgan fingerprint density at radius 2 is 2.33 bits per heavy atom. The zero-order valence-corrected chi connectivity index (χ0v) is 13.0. The van der Waals surface area contributed by atoms with Crippen LogP contribution in [0.5, 0.6) is 0 Å². The number of benzene rings is 1. The zero-order chi connectivity index (χ0) is 13.0. The maximum atomic E-state index is 13.1. The number of aromatic nitrogens is 1. The minimum absolute atomic E-state index is 0.184. The van der Waals surface area contributed by atoms with Crippen molar-refractivity contribution in [1.82, 2.24) is 10.3 Å². The summed E-state index contributed by atoms with van der Waals surface area (Å²) in [6.45, 7) is 2.97. The third-order valence-electron chi connectivity index (χ3n) is 2.68. The number of hydrogen-bond donors (Lipinski definition) is 1. The maximum absolute atomic E-state index is 13.1. The van der Waals surface area contributed by atoms with Gasteiger partial charge < -0.3 is 5.32 Å². The molecule has 1 heterocycles. The molecule has 18 heavy (non-hydrogen) atoms. The van der Waals surface area contributed by atoms with Crippen LogP contribution in [0.2, 0.25) is 0 Å². The highest BCUT2D eigenvalue weighted by atomic mass is 127. The summed E-state index contributed by atoms with van der Waals surface area (Å²) >= 11 is 3.84. The molecule has 96 valence electrons. The Balaban J connectivity index is 2.23. The first kappa shape index (κ1) is 13.9. The Kier molecular flexibility index (Phi) is 5.08. The third kappa shape index (κ3) is 3.49. The highest BCUT2D eigenvalue weighted by Gasteiger charge is 2.15. The van der Waals surface area contributed by atoms with Crippen molar-refractivity contribution in [2.24, 2.45) is 0 Å². The van der Waals surface area contributed by atoms with Gasteiger partial charge in [0.05, 0.1) is 5.51 Å². The van der Waals surface area contributed by atoms with E-state index in [4.69, 9.17) is 0 Å². The average Bonchev–Trinajstić information content (AvgIpc) is 2.81. The highest BCUT2D eigenvalue weighted by molar-refractivity contribution is 14.1. The quantitative estimate of drug-likeness (QED) is 0.804. The molecule has 2 rings (SSSR count). The van der Waals surface area contributed by atoms with Gasteiger partial charge in [-0.2, -0.15) is 0 Å². The van der Waals surface area contributed by atoms with Gasteiger partial charge in [0, 0.05) is 27.1 Å². The number of nitrogens with zero attached hydrogens (tertiary/aromatic N) is 1. The Morgan fingerprint density at radius 1 is 1.50 bits per heavy atom. The molecule has 0 radical (unpaired) electrons. The van der Waals surface area contributed by atoms with Gasteiger partial charge >= 0.3 is 0 Å². The number of hydrogen-bond acceptors (Lipinski definition) is 3. The molecule has 2 aromatic rings. The molecule has 1 aromatic carbocycles. The summed E-state index contributed by atoms with van der Waals surface area (Å²) in [5.41, 5.74) is 2.99. The van der Waals surface area contributed by atoms with Gasteiger partial charge in [0.15, 0.2) is 0 Å². The van der Waals surface area contributed by atoms with Crippen molar-refractivity contribution in [3.63, 3.8) is 0 Å². The van der Waals surface area contributed by atoms with Crippen LogP contribution in [-0.2, 0) is 6.42 Å². The number of halogens is 2. The van der Waals surface area contributed by atoms with Crippen molar-refractivity contribution in [3.8, 4) is 0 Å². The average molecular weight is 376 g/mol. The van der Waals surface area contributed by atoms with E-state index in [9.17, 15) is 4.39 Å². The molecule has 0 aliphatic rings. The fourth-order valence-corrected chi connectivity index (χ4v) is 3.36. The summed E-state index contributed by atoms with van der Waals surface area (Å²) in [6.07, 6.45) is 2.78. The van der Waals surface area contributed by atoms with E-state index >= 15 is 0 Å². The standard InChI is InChI=1S/C13H14FIN2S/c1-2-17-13(6-10-7-16-8-18-10)11-4-3-9(14)5-12(11)15/h3-5,7-8,13,17H,2,6H2,1H3. The molecule has 1 N–H and O–H groups in total. The highest BCUT2D eigenvalue weighted by Crippen LogP contribution is 2.25. The molecular formula is C13H14FIN2S. The molecule has 0 amide bonds. The first-order chi connectivity index (χ1) is 8.70. The van der Waals surface area contributed by atoms with Gasteiger partial charge in [-0.1, -0.05) is 13.0 Å². The van der Waals surface area contributed by atoms with Crippen molar-refractivity contribution in [1.29, 1.82) is 0 Å². The lowest BCUT2D eigenvalue weighted by atomic mass is 10.0. The number of thiazole rings is 1. The lowest BCUT2D eigenvalue weighted by Crippen LogP contribution is -2.23. The fourth-order valence-electron chi connectivity index (χ4n) is 1.87. The fraction of sp³-hybridized carbons (Fsp3) is 0.308. The Labute approximate surface area is 124 Å². The Bertz CT molecular complexity index is 502. The van der Waals surface area contributed by atoms with Gasteiger partial charge in [-0.15, -0.1) is 11.3 Å². The predicted octanol–water partition coefficient (Wildman–Crippen LogP) is 3.78. The van der Waals surface area contributed by atoms with Crippen LogP contribution in [-0.4, -0.2) is 11.5 Å². The third-order valence-corrected chi connectivity index (χ3v) is 4.41. The summed E-state index contributed by atoms with van der Waals surface area (Å²) < 4.78 is 14.1. The van der Waals surface area contributed by atoms with Crippen molar-refractivity contribution < 1.29 is 4.39 Å². The molecule has 1 atom stereocenters. The van der Waals surface area contributed by atoms with Crippen LogP contribution in [0.4, 0.5) is 4.39 Å². The summed E-state index contributed by atoms with van der Waals surface area (Å²) in [6, 6.07) is 5.18. The van der Waals surface area contributed by atoms with E-state index in [0.29, 0.717) is 0 Å². The van der Waals surface area contributed by atoms with E-state index in [1.54, 1.807) is 17.4 Å².